The van der Waals surface area contributed by atoms with Gasteiger partial charge in [-0.05, 0) is 43.8 Å². The molecule has 4 heterocycles. The van der Waals surface area contributed by atoms with Crippen LogP contribution in [0.25, 0.3) is 10.8 Å². The zero-order valence-corrected chi connectivity index (χ0v) is 23.7. The maximum atomic E-state index is 14.0. The fourth-order valence-electron chi connectivity index (χ4n) is 6.36. The van der Waals surface area contributed by atoms with Crippen molar-refractivity contribution in [3.05, 3.63) is 65.6 Å². The van der Waals surface area contributed by atoms with Gasteiger partial charge in [0.2, 0.25) is 0 Å². The molecule has 2 saturated heterocycles. The Labute approximate surface area is 239 Å². The van der Waals surface area contributed by atoms with E-state index < -0.39 is 17.9 Å². The van der Waals surface area contributed by atoms with Gasteiger partial charge in [0.05, 0.1) is 12.2 Å². The minimum Gasteiger partial charge on any atom is -0.462 e. The average Bonchev–Trinajstić information content (AvgIpc) is 3.31. The molecule has 10 heteroatoms. The number of hydrogen-bond acceptors (Lipinski definition) is 7. The third-order valence-electron chi connectivity index (χ3n) is 8.60. The number of nitrogens with zero attached hydrogens (tertiary/aromatic N) is 6. The van der Waals surface area contributed by atoms with E-state index in [1.165, 1.54) is 26.9 Å². The number of likely N-dealkylation sites (tertiary alicyclic amines) is 1. The van der Waals surface area contributed by atoms with Gasteiger partial charge < -0.3 is 19.4 Å². The highest BCUT2D eigenvalue weighted by Crippen LogP contribution is 2.35. The number of carbonyl (C=O) groups is 1. The summed E-state index contributed by atoms with van der Waals surface area (Å²) in [6.07, 6.45) is 0.326. The molecule has 1 aromatic heterocycles. The molecule has 6 rings (SSSR count). The summed E-state index contributed by atoms with van der Waals surface area (Å²) in [5.74, 6) is -0.802. The molecule has 41 heavy (non-hydrogen) atoms. The number of likely N-dealkylation sites (N-methyl/N-ethyl adjacent to an activating group) is 1. The molecule has 0 bridgehead atoms. The Kier molecular flexibility index (Phi) is 7.50. The van der Waals surface area contributed by atoms with Gasteiger partial charge in [0.15, 0.2) is 5.83 Å². The molecule has 0 saturated carbocycles. The van der Waals surface area contributed by atoms with Gasteiger partial charge in [0.25, 0.3) is 5.91 Å². The zero-order valence-electron chi connectivity index (χ0n) is 23.7. The molecule has 0 N–H and O–H groups in total. The van der Waals surface area contributed by atoms with Crippen molar-refractivity contribution in [2.24, 2.45) is 0 Å². The molecular formula is C31H36F2N6O2. The van der Waals surface area contributed by atoms with E-state index >= 15 is 0 Å². The number of ether oxygens (including phenoxy) is 1. The summed E-state index contributed by atoms with van der Waals surface area (Å²) in [6.45, 7) is 9.20. The molecule has 0 radical (unpaired) electrons. The molecule has 8 nitrogen and oxygen atoms in total. The number of halogens is 2. The first-order valence-corrected chi connectivity index (χ1v) is 14.3. The number of amides is 1. The van der Waals surface area contributed by atoms with Crippen LogP contribution in [-0.4, -0.2) is 90.8 Å². The molecule has 2 atom stereocenters. The van der Waals surface area contributed by atoms with Crippen LogP contribution in [0.2, 0.25) is 0 Å². The third-order valence-corrected chi connectivity index (χ3v) is 8.60. The number of alkyl halides is 1. The Hall–Kier alpha value is -3.79. The second-order valence-corrected chi connectivity index (χ2v) is 11.3. The summed E-state index contributed by atoms with van der Waals surface area (Å²) in [5, 5.41) is 2.44. The van der Waals surface area contributed by atoms with Crippen LogP contribution in [-0.2, 0) is 17.8 Å². The number of carbonyl (C=O) groups excluding carboxylic acids is 1. The SMILES string of the molecule is C=C(F)C(=O)N1CCN(c2nc(OC[C@H]3C[C@@H](F)CN3C)nc3c2CCN(c2cccc4cccc(C)c24)C3)CC1. The van der Waals surface area contributed by atoms with Crippen LogP contribution >= 0.6 is 0 Å². The normalized spacial score (nSPS) is 21.3. The minimum absolute atomic E-state index is 0.0356. The fourth-order valence-corrected chi connectivity index (χ4v) is 6.36. The van der Waals surface area contributed by atoms with E-state index in [1.807, 2.05) is 11.9 Å². The largest absolute Gasteiger partial charge is 0.462 e. The predicted octanol–water partition coefficient (Wildman–Crippen LogP) is 4.05. The van der Waals surface area contributed by atoms with Crippen LogP contribution in [0.4, 0.5) is 20.3 Å². The number of hydrogen-bond donors (Lipinski definition) is 0. The topological polar surface area (TPSA) is 65.0 Å². The molecule has 0 spiro atoms. The first-order chi connectivity index (χ1) is 19.8. The van der Waals surface area contributed by atoms with Gasteiger partial charge in [-0.15, -0.1) is 0 Å². The summed E-state index contributed by atoms with van der Waals surface area (Å²) in [7, 11) is 1.91. The van der Waals surface area contributed by atoms with Gasteiger partial charge >= 0.3 is 6.01 Å². The Morgan fingerprint density at radius 3 is 2.54 bits per heavy atom. The molecule has 2 aromatic carbocycles. The number of benzene rings is 2. The molecule has 3 aliphatic rings. The van der Waals surface area contributed by atoms with Crippen LogP contribution in [0.1, 0.15) is 23.2 Å². The molecule has 1 amide bonds. The quantitative estimate of drug-likeness (QED) is 0.420. The second-order valence-electron chi connectivity index (χ2n) is 11.3. The van der Waals surface area contributed by atoms with E-state index in [1.54, 1.807) is 0 Å². The van der Waals surface area contributed by atoms with Crippen LogP contribution in [0.15, 0.2) is 48.8 Å². The van der Waals surface area contributed by atoms with Crippen LogP contribution in [0.5, 0.6) is 6.01 Å². The van der Waals surface area contributed by atoms with Crippen LogP contribution in [0, 0.1) is 6.92 Å². The van der Waals surface area contributed by atoms with Crippen molar-refractivity contribution in [3.63, 3.8) is 0 Å². The van der Waals surface area contributed by atoms with Crippen molar-refractivity contribution in [2.45, 2.75) is 38.5 Å². The fraction of sp³-hybridized carbons (Fsp3) is 0.452. The van der Waals surface area contributed by atoms with Gasteiger partial charge in [-0.2, -0.15) is 9.97 Å². The van der Waals surface area contributed by atoms with Crippen molar-refractivity contribution in [2.75, 3.05) is 62.7 Å². The number of piperazine rings is 1. The first kappa shape index (κ1) is 27.4. The van der Waals surface area contributed by atoms with Gasteiger partial charge in [-0.3, -0.25) is 9.69 Å². The number of rotatable bonds is 6. The average molecular weight is 563 g/mol. The van der Waals surface area contributed by atoms with Crippen LogP contribution in [0.3, 0.4) is 0 Å². The lowest BCUT2D eigenvalue weighted by Gasteiger charge is -2.38. The number of fused-ring (bicyclic) bond motifs is 2. The van der Waals surface area contributed by atoms with Crippen molar-refractivity contribution in [3.8, 4) is 6.01 Å². The number of anilines is 2. The minimum atomic E-state index is -0.940. The Morgan fingerprint density at radius 2 is 1.83 bits per heavy atom. The third kappa shape index (κ3) is 5.45. The van der Waals surface area contributed by atoms with Crippen molar-refractivity contribution in [1.82, 2.24) is 19.8 Å². The van der Waals surface area contributed by atoms with Crippen molar-refractivity contribution >= 4 is 28.2 Å². The maximum absolute atomic E-state index is 14.0. The summed E-state index contributed by atoms with van der Waals surface area (Å²) in [6, 6.07) is 13.0. The molecule has 3 aliphatic heterocycles. The van der Waals surface area contributed by atoms with Gasteiger partial charge in [0, 0.05) is 61.9 Å². The van der Waals surface area contributed by atoms with E-state index in [0.717, 1.165) is 30.0 Å². The number of aromatic nitrogens is 2. The van der Waals surface area contributed by atoms with E-state index in [4.69, 9.17) is 14.7 Å². The van der Waals surface area contributed by atoms with E-state index in [-0.39, 0.29) is 12.1 Å². The Morgan fingerprint density at radius 1 is 1.07 bits per heavy atom. The molecular weight excluding hydrogens is 526 g/mol. The lowest BCUT2D eigenvalue weighted by atomic mass is 9.99. The van der Waals surface area contributed by atoms with Gasteiger partial charge in [0.1, 0.15) is 18.6 Å². The molecule has 216 valence electrons. The summed E-state index contributed by atoms with van der Waals surface area (Å²) in [5.41, 5.74) is 4.38. The molecule has 3 aromatic rings. The zero-order chi connectivity index (χ0) is 28.7. The van der Waals surface area contributed by atoms with Crippen molar-refractivity contribution < 1.29 is 18.3 Å². The van der Waals surface area contributed by atoms with Crippen LogP contribution < -0.4 is 14.5 Å². The lowest BCUT2D eigenvalue weighted by Crippen LogP contribution is -2.49. The highest BCUT2D eigenvalue weighted by Gasteiger charge is 2.32. The van der Waals surface area contributed by atoms with E-state index in [9.17, 15) is 13.6 Å². The number of aryl methyl sites for hydroxylation is 1. The monoisotopic (exact) mass is 562 g/mol. The predicted molar refractivity (Wildman–Crippen MR) is 156 cm³/mol. The molecule has 2 fully saturated rings. The Balaban J connectivity index is 1.30. The summed E-state index contributed by atoms with van der Waals surface area (Å²) in [4.78, 5) is 29.8. The van der Waals surface area contributed by atoms with E-state index in [0.29, 0.717) is 52.3 Å². The molecule has 0 aliphatic carbocycles. The summed E-state index contributed by atoms with van der Waals surface area (Å²) < 4.78 is 33.6. The van der Waals surface area contributed by atoms with E-state index in [2.05, 4.69) is 59.7 Å². The first-order valence-electron chi connectivity index (χ1n) is 14.3. The smallest absolute Gasteiger partial charge is 0.318 e. The van der Waals surface area contributed by atoms with Gasteiger partial charge in [-0.25, -0.2) is 8.78 Å². The Bertz CT molecular complexity index is 1470. The standard InChI is InChI=1S/C31H36F2N6O2/c1-20-6-4-7-22-8-5-9-27(28(20)22)39-11-10-25-26(18-39)34-31(41-19-24-16-23(33)17-36(24)3)35-29(25)37-12-14-38(15-13-37)30(40)21(2)32/h4-9,23-24H,2,10-19H2,1,3H3/t23-,24-/m1/s1. The maximum Gasteiger partial charge on any atom is 0.318 e. The summed E-state index contributed by atoms with van der Waals surface area (Å²) >= 11 is 0. The second kappa shape index (κ2) is 11.2. The highest BCUT2D eigenvalue weighted by atomic mass is 19.1. The lowest BCUT2D eigenvalue weighted by molar-refractivity contribution is -0.128. The molecule has 0 unspecified atom stereocenters. The van der Waals surface area contributed by atoms with Crippen molar-refractivity contribution in [1.29, 1.82) is 0 Å². The highest BCUT2D eigenvalue weighted by molar-refractivity contribution is 5.97. The van der Waals surface area contributed by atoms with Gasteiger partial charge in [-0.1, -0.05) is 36.9 Å².